The topological polar surface area (TPSA) is 37.4 Å². The van der Waals surface area contributed by atoms with Gasteiger partial charge in [0.25, 0.3) is 0 Å². The smallest absolute Gasteiger partial charge is 0.226 e. The fraction of sp³-hybridized carbons (Fsp3) is 0.500. The monoisotopic (exact) mass is 257 g/mol. The Bertz CT molecular complexity index is 511. The van der Waals surface area contributed by atoms with Gasteiger partial charge in [-0.05, 0) is 18.4 Å². The maximum absolute atomic E-state index is 12.5. The van der Waals surface area contributed by atoms with E-state index in [9.17, 15) is 9.59 Å². The summed E-state index contributed by atoms with van der Waals surface area (Å²) >= 11 is 0. The lowest BCUT2D eigenvalue weighted by molar-refractivity contribution is -0.145. The maximum Gasteiger partial charge on any atom is 0.226 e. The summed E-state index contributed by atoms with van der Waals surface area (Å²) in [6, 6.07) is 10.1. The quantitative estimate of drug-likeness (QED) is 0.773. The van der Waals surface area contributed by atoms with Gasteiger partial charge in [-0.3, -0.25) is 9.59 Å². The average Bonchev–Trinajstić information content (AvgIpc) is 2.44. The van der Waals surface area contributed by atoms with E-state index in [1.54, 1.807) is 0 Å². The fourth-order valence-electron chi connectivity index (χ4n) is 3.73. The summed E-state index contributed by atoms with van der Waals surface area (Å²) in [5, 5.41) is 0. The number of fused-ring (bicyclic) bond motifs is 1. The third-order valence-electron chi connectivity index (χ3n) is 4.81. The van der Waals surface area contributed by atoms with Gasteiger partial charge in [-0.2, -0.15) is 0 Å². The van der Waals surface area contributed by atoms with Gasteiger partial charge >= 0.3 is 0 Å². The van der Waals surface area contributed by atoms with Crippen LogP contribution in [0, 0.1) is 5.92 Å². The van der Waals surface area contributed by atoms with Crippen molar-refractivity contribution in [3.63, 3.8) is 0 Å². The zero-order valence-corrected chi connectivity index (χ0v) is 11.3. The van der Waals surface area contributed by atoms with Crippen molar-refractivity contribution in [3.8, 4) is 0 Å². The molecule has 2 atom stereocenters. The molecule has 2 fully saturated rings. The molecule has 1 aliphatic carbocycles. The van der Waals surface area contributed by atoms with Gasteiger partial charge in [0.2, 0.25) is 5.91 Å². The lowest BCUT2D eigenvalue weighted by atomic mass is 9.58. The van der Waals surface area contributed by atoms with Gasteiger partial charge in [0.05, 0.1) is 0 Å². The first-order chi connectivity index (χ1) is 9.13. The fourth-order valence-corrected chi connectivity index (χ4v) is 3.73. The molecule has 0 bridgehead atoms. The van der Waals surface area contributed by atoms with E-state index in [1.807, 2.05) is 30.1 Å². The van der Waals surface area contributed by atoms with E-state index in [0.29, 0.717) is 25.0 Å². The molecule has 3 rings (SSSR count). The largest absolute Gasteiger partial charge is 0.345 e. The molecule has 1 saturated carbocycles. The number of likely N-dealkylation sites (tertiary alicyclic amines) is 1. The van der Waals surface area contributed by atoms with Gasteiger partial charge in [-0.1, -0.05) is 30.3 Å². The first kappa shape index (κ1) is 12.4. The minimum Gasteiger partial charge on any atom is -0.345 e. The third kappa shape index (κ3) is 1.88. The van der Waals surface area contributed by atoms with Crippen LogP contribution in [-0.2, 0) is 15.0 Å². The van der Waals surface area contributed by atoms with Crippen molar-refractivity contribution in [1.29, 1.82) is 0 Å². The molecule has 0 aromatic heterocycles. The van der Waals surface area contributed by atoms with Crippen molar-refractivity contribution in [1.82, 2.24) is 4.90 Å². The van der Waals surface area contributed by atoms with Crippen LogP contribution >= 0.6 is 0 Å². The number of Topliss-reactive ketones (excluding diaryl/α,β-unsaturated/α-hetero) is 1. The van der Waals surface area contributed by atoms with E-state index < -0.39 is 0 Å². The minimum atomic E-state index is -0.250. The van der Waals surface area contributed by atoms with Crippen LogP contribution in [0.4, 0.5) is 0 Å². The molecule has 0 unspecified atom stereocenters. The standard InChI is InChI=1S/C16H19NO2/c1-17-10-9-16(12-5-3-2-4-6-12)11-13(18)7-8-14(16)15(17)19/h2-6,14H,7-11H2,1H3/t14-,16+/m0/s1. The van der Waals surface area contributed by atoms with Gasteiger partial charge in [-0.25, -0.2) is 0 Å². The van der Waals surface area contributed by atoms with E-state index in [0.717, 1.165) is 18.5 Å². The summed E-state index contributed by atoms with van der Waals surface area (Å²) in [7, 11) is 1.87. The molecule has 1 saturated heterocycles. The second kappa shape index (κ2) is 4.48. The number of rotatable bonds is 1. The van der Waals surface area contributed by atoms with Gasteiger partial charge in [-0.15, -0.1) is 0 Å². The van der Waals surface area contributed by atoms with Crippen molar-refractivity contribution in [3.05, 3.63) is 35.9 Å². The number of carbonyl (C=O) groups excluding carboxylic acids is 2. The molecule has 0 spiro atoms. The molecule has 100 valence electrons. The molecular formula is C16H19NO2. The first-order valence-electron chi connectivity index (χ1n) is 6.96. The number of piperidine rings is 1. The van der Waals surface area contributed by atoms with Crippen LogP contribution in [0.3, 0.4) is 0 Å². The van der Waals surface area contributed by atoms with Crippen molar-refractivity contribution in [2.24, 2.45) is 5.92 Å². The Labute approximate surface area is 113 Å². The number of hydrogen-bond acceptors (Lipinski definition) is 2. The number of ketones is 1. The molecule has 19 heavy (non-hydrogen) atoms. The van der Waals surface area contributed by atoms with Gasteiger partial charge in [0.15, 0.2) is 0 Å². The minimum absolute atomic E-state index is 0.0219. The highest BCUT2D eigenvalue weighted by molar-refractivity contribution is 5.88. The van der Waals surface area contributed by atoms with Gasteiger partial charge in [0.1, 0.15) is 5.78 Å². The number of benzene rings is 1. The van der Waals surface area contributed by atoms with E-state index in [4.69, 9.17) is 0 Å². The highest BCUT2D eigenvalue weighted by atomic mass is 16.2. The molecule has 1 amide bonds. The Morgan fingerprint density at radius 1 is 1.21 bits per heavy atom. The third-order valence-corrected chi connectivity index (χ3v) is 4.81. The first-order valence-corrected chi connectivity index (χ1v) is 6.96. The number of nitrogens with zero attached hydrogens (tertiary/aromatic N) is 1. The summed E-state index contributed by atoms with van der Waals surface area (Å²) in [6.45, 7) is 0.748. The van der Waals surface area contributed by atoms with Crippen LogP contribution in [0.25, 0.3) is 0 Å². The molecule has 1 heterocycles. The molecule has 1 aromatic carbocycles. The zero-order valence-electron chi connectivity index (χ0n) is 11.3. The molecule has 1 aromatic rings. The number of amides is 1. The highest BCUT2D eigenvalue weighted by Gasteiger charge is 2.51. The number of hydrogen-bond donors (Lipinski definition) is 0. The lowest BCUT2D eigenvalue weighted by Crippen LogP contribution is -2.55. The van der Waals surface area contributed by atoms with E-state index in [2.05, 4.69) is 12.1 Å². The molecule has 0 N–H and O–H groups in total. The summed E-state index contributed by atoms with van der Waals surface area (Å²) in [4.78, 5) is 26.2. The number of carbonyl (C=O) groups is 2. The Kier molecular flexibility index (Phi) is 2.92. The second-order valence-electron chi connectivity index (χ2n) is 5.84. The van der Waals surface area contributed by atoms with Crippen LogP contribution in [0.2, 0.25) is 0 Å². The van der Waals surface area contributed by atoms with Crippen LogP contribution in [0.5, 0.6) is 0 Å². The summed E-state index contributed by atoms with van der Waals surface area (Å²) in [5.41, 5.74) is 0.912. The molecule has 1 aliphatic heterocycles. The molecule has 3 heteroatoms. The van der Waals surface area contributed by atoms with Gasteiger partial charge in [0, 0.05) is 37.8 Å². The van der Waals surface area contributed by atoms with Crippen LogP contribution in [0.1, 0.15) is 31.2 Å². The van der Waals surface area contributed by atoms with Crippen LogP contribution in [-0.4, -0.2) is 30.2 Å². The summed E-state index contributed by atoms with van der Waals surface area (Å²) < 4.78 is 0. The molecule has 0 radical (unpaired) electrons. The van der Waals surface area contributed by atoms with Crippen molar-refractivity contribution >= 4 is 11.7 Å². The van der Waals surface area contributed by atoms with Crippen LogP contribution in [0.15, 0.2) is 30.3 Å². The van der Waals surface area contributed by atoms with E-state index >= 15 is 0 Å². The average molecular weight is 257 g/mol. The van der Waals surface area contributed by atoms with Gasteiger partial charge < -0.3 is 4.90 Å². The summed E-state index contributed by atoms with van der Waals surface area (Å²) in [6.07, 6.45) is 2.69. The summed E-state index contributed by atoms with van der Waals surface area (Å²) in [5.74, 6) is 0.492. The highest BCUT2D eigenvalue weighted by Crippen LogP contribution is 2.48. The lowest BCUT2D eigenvalue weighted by Gasteiger charge is -2.48. The predicted molar refractivity (Wildman–Crippen MR) is 72.7 cm³/mol. The Balaban J connectivity index is 2.07. The van der Waals surface area contributed by atoms with E-state index in [-0.39, 0.29) is 17.2 Å². The predicted octanol–water partition coefficient (Wildman–Crippen LogP) is 2.16. The second-order valence-corrected chi connectivity index (χ2v) is 5.84. The van der Waals surface area contributed by atoms with Crippen LogP contribution < -0.4 is 0 Å². The van der Waals surface area contributed by atoms with E-state index in [1.165, 1.54) is 0 Å². The Morgan fingerprint density at radius 2 is 1.95 bits per heavy atom. The zero-order chi connectivity index (χ0) is 13.5. The molecular weight excluding hydrogens is 238 g/mol. The molecule has 3 nitrogen and oxygen atoms in total. The Morgan fingerprint density at radius 3 is 2.68 bits per heavy atom. The maximum atomic E-state index is 12.5. The van der Waals surface area contributed by atoms with Crippen molar-refractivity contribution in [2.75, 3.05) is 13.6 Å². The van der Waals surface area contributed by atoms with Crippen molar-refractivity contribution in [2.45, 2.75) is 31.1 Å². The normalized spacial score (nSPS) is 31.2. The molecule has 2 aliphatic rings. The SMILES string of the molecule is CN1CC[C@]2(c3ccccc3)CC(=O)CC[C@H]2C1=O. The van der Waals surface area contributed by atoms with Crippen molar-refractivity contribution < 1.29 is 9.59 Å². The Hall–Kier alpha value is -1.64.